The molecule has 76 heavy (non-hydrogen) atoms. The van der Waals surface area contributed by atoms with E-state index in [1.165, 1.54) is 17.0 Å². The van der Waals surface area contributed by atoms with Crippen molar-refractivity contribution in [2.75, 3.05) is 40.0 Å². The summed E-state index contributed by atoms with van der Waals surface area (Å²) in [5, 5.41) is 35.3. The molecule has 4 unspecified atom stereocenters. The summed E-state index contributed by atoms with van der Waals surface area (Å²) >= 11 is 5.98. The molecule has 3 amide bonds. The molecule has 4 atom stereocenters. The molecule has 406 valence electrons. The fraction of sp³-hybridized carbons (Fsp3) is 0.389. The van der Waals surface area contributed by atoms with Gasteiger partial charge in [-0.2, -0.15) is 0 Å². The van der Waals surface area contributed by atoms with Gasteiger partial charge in [-0.1, -0.05) is 72.3 Å². The zero-order valence-electron chi connectivity index (χ0n) is 42.1. The number of halogens is 3. The van der Waals surface area contributed by atoms with Crippen molar-refractivity contribution in [1.82, 2.24) is 25.5 Å². The van der Waals surface area contributed by atoms with Crippen LogP contribution in [0.2, 0.25) is 5.02 Å². The van der Waals surface area contributed by atoms with Gasteiger partial charge >= 0.3 is 12.2 Å². The summed E-state index contributed by atoms with van der Waals surface area (Å²) in [6.45, 7) is 4.04. The van der Waals surface area contributed by atoms with Crippen molar-refractivity contribution in [2.45, 2.75) is 89.8 Å². The average Bonchev–Trinajstić information content (AvgIpc) is 4.31. The lowest BCUT2D eigenvalue weighted by atomic mass is 9.60. The molecular formula is C54H60ClF2N5O14. The number of hydrogen-bond acceptors (Lipinski definition) is 16. The van der Waals surface area contributed by atoms with Gasteiger partial charge < -0.3 is 33.5 Å². The minimum atomic E-state index is -1.46. The summed E-state index contributed by atoms with van der Waals surface area (Å²) in [5.41, 5.74) is 2.86. The molecule has 3 aliphatic rings. The third-order valence-corrected chi connectivity index (χ3v) is 14.4. The topological polar surface area (TPSA) is 213 Å². The molecular weight excluding hydrogens is 1020 g/mol. The minimum absolute atomic E-state index is 0.0237. The van der Waals surface area contributed by atoms with Crippen LogP contribution in [-0.4, -0.2) is 123 Å². The van der Waals surface area contributed by atoms with Crippen molar-refractivity contribution in [1.29, 1.82) is 0 Å². The lowest BCUT2D eigenvalue weighted by Crippen LogP contribution is -2.73. The first-order valence-electron chi connectivity index (χ1n) is 24.7. The van der Waals surface area contributed by atoms with E-state index in [4.69, 9.17) is 65.8 Å². The van der Waals surface area contributed by atoms with Gasteiger partial charge in [0.25, 0.3) is 0 Å². The number of nitrogens with zero attached hydrogens (tertiary/aromatic N) is 5. The van der Waals surface area contributed by atoms with Gasteiger partial charge in [0, 0.05) is 38.7 Å². The Morgan fingerprint density at radius 3 is 2.01 bits per heavy atom. The standard InChI is InChI=1S/C54H60ClF2N5O14/c1-34-39(11-6-14-47(34)71-25-24-70-3)29-59(40-19-20-40)51(63)54(2)44(38-17-15-35(16-18-38)10-7-23-72-50-46(57)22-21-45(56)49(50)55)28-41-30-58(52(64)75-42-12-4-8-36(26-42)32-73-61(66)67)31-48(54)60(41)53(65)76-43-13-5-9-37(27-43)33-74-62(68)69/h4-6,8-9,11-18,21-22,26-27,40-41,44,48,66-69H,7,10,19-20,23-25,28-33H2,1-3H3. The van der Waals surface area contributed by atoms with Crippen molar-refractivity contribution in [3.63, 3.8) is 0 Å². The number of likely N-dealkylation sites (tertiary alicyclic amines) is 1. The van der Waals surface area contributed by atoms with Gasteiger partial charge in [0.1, 0.15) is 34.7 Å². The fourth-order valence-corrected chi connectivity index (χ4v) is 10.2. The fourth-order valence-electron chi connectivity index (χ4n) is 10.0. The molecule has 2 heterocycles. The maximum absolute atomic E-state index is 16.2. The van der Waals surface area contributed by atoms with Gasteiger partial charge in [0.05, 0.1) is 54.7 Å². The van der Waals surface area contributed by atoms with Crippen molar-refractivity contribution in [3.05, 3.63) is 153 Å². The van der Waals surface area contributed by atoms with E-state index < -0.39 is 63.0 Å². The summed E-state index contributed by atoms with van der Waals surface area (Å²) in [6, 6.07) is 26.0. The van der Waals surface area contributed by atoms with Crippen LogP contribution in [0.1, 0.15) is 71.9 Å². The Morgan fingerprint density at radius 1 is 0.750 bits per heavy atom. The molecule has 4 N–H and O–H groups in total. The molecule has 5 aromatic rings. The number of fused-ring (bicyclic) bond motifs is 2. The second kappa shape index (κ2) is 25.1. The predicted octanol–water partition coefficient (Wildman–Crippen LogP) is 9.43. The highest BCUT2D eigenvalue weighted by Crippen LogP contribution is 2.53. The molecule has 19 nitrogen and oxygen atoms in total. The van der Waals surface area contributed by atoms with Crippen LogP contribution in [0.15, 0.2) is 103 Å². The summed E-state index contributed by atoms with van der Waals surface area (Å²) < 4.78 is 57.3. The second-order valence-electron chi connectivity index (χ2n) is 19.0. The van der Waals surface area contributed by atoms with Gasteiger partial charge in [0.2, 0.25) is 5.91 Å². The van der Waals surface area contributed by atoms with E-state index in [-0.39, 0.29) is 75.1 Å². The third kappa shape index (κ3) is 13.4. The molecule has 8 rings (SSSR count). The molecule has 2 saturated heterocycles. The Hall–Kier alpha value is -6.50. The van der Waals surface area contributed by atoms with Crippen LogP contribution in [-0.2, 0) is 45.4 Å². The van der Waals surface area contributed by atoms with Gasteiger partial charge in [-0.25, -0.2) is 28.0 Å². The highest BCUT2D eigenvalue weighted by Gasteiger charge is 2.62. The van der Waals surface area contributed by atoms with Crippen LogP contribution in [0, 0.1) is 24.0 Å². The third-order valence-electron chi connectivity index (χ3n) is 14.1. The van der Waals surface area contributed by atoms with Crippen LogP contribution in [0.3, 0.4) is 0 Å². The number of ether oxygens (including phenoxy) is 5. The number of carbonyl (C=O) groups is 3. The Morgan fingerprint density at radius 2 is 1.38 bits per heavy atom. The molecule has 0 aromatic heterocycles. The van der Waals surface area contributed by atoms with Crippen LogP contribution < -0.4 is 18.9 Å². The quantitative estimate of drug-likeness (QED) is 0.0289. The number of rotatable bonds is 22. The van der Waals surface area contributed by atoms with E-state index >= 15 is 4.79 Å². The number of carbonyl (C=O) groups excluding carboxylic acids is 3. The smallest absolute Gasteiger partial charge is 0.415 e. The molecule has 2 aliphatic heterocycles. The maximum atomic E-state index is 16.2. The van der Waals surface area contributed by atoms with Crippen LogP contribution in [0.5, 0.6) is 23.0 Å². The summed E-state index contributed by atoms with van der Waals surface area (Å²) in [4.78, 5) is 60.0. The SMILES string of the molecule is COCCOc1cccc(CN(C(=O)C2(C)C(c3ccc(CCCOc4c(F)ccc(F)c4Cl)cc3)CC3CN(C(=O)Oc4cccc(CON(O)O)c4)CC2N3C(=O)Oc2cccc(CON(O)O)c2)C2CC2)c1C. The zero-order valence-corrected chi connectivity index (χ0v) is 42.8. The van der Waals surface area contributed by atoms with E-state index in [1.807, 2.05) is 61.2 Å². The summed E-state index contributed by atoms with van der Waals surface area (Å²) in [6.07, 6.45) is 1.07. The first kappa shape index (κ1) is 55.7. The summed E-state index contributed by atoms with van der Waals surface area (Å²) in [5.74, 6) is -1.82. The number of aryl methyl sites for hydroxylation is 1. The molecule has 0 spiro atoms. The Labute approximate surface area is 442 Å². The lowest BCUT2D eigenvalue weighted by Gasteiger charge is -2.59. The number of hydrogen-bond donors (Lipinski definition) is 4. The molecule has 2 bridgehead atoms. The zero-order chi connectivity index (χ0) is 54.1. The molecule has 1 saturated carbocycles. The van der Waals surface area contributed by atoms with E-state index in [1.54, 1.807) is 48.4 Å². The Bertz CT molecular complexity index is 2830. The maximum Gasteiger partial charge on any atom is 0.415 e. The lowest BCUT2D eigenvalue weighted by molar-refractivity contribution is -0.497. The number of benzene rings is 5. The average molecular weight is 1080 g/mol. The predicted molar refractivity (Wildman–Crippen MR) is 266 cm³/mol. The van der Waals surface area contributed by atoms with Crippen molar-refractivity contribution in [2.24, 2.45) is 5.41 Å². The monoisotopic (exact) mass is 1080 g/mol. The Kier molecular flexibility index (Phi) is 18.4. The number of piperazine rings is 1. The molecule has 0 radical (unpaired) electrons. The molecule has 1 aliphatic carbocycles. The highest BCUT2D eigenvalue weighted by atomic mass is 35.5. The van der Waals surface area contributed by atoms with E-state index in [9.17, 15) is 18.4 Å². The second-order valence-corrected chi connectivity index (χ2v) is 19.4. The van der Waals surface area contributed by atoms with Gasteiger partial charge in [0.15, 0.2) is 11.6 Å². The normalized spacial score (nSPS) is 19.2. The van der Waals surface area contributed by atoms with Crippen LogP contribution >= 0.6 is 11.6 Å². The van der Waals surface area contributed by atoms with Crippen LogP contribution in [0.4, 0.5) is 18.4 Å². The van der Waals surface area contributed by atoms with Crippen molar-refractivity contribution in [3.8, 4) is 23.0 Å². The first-order chi connectivity index (χ1) is 36.5. The molecule has 22 heteroatoms. The number of methoxy groups -OCH3 is 1. The largest absolute Gasteiger partial charge is 0.491 e. The van der Waals surface area contributed by atoms with E-state index in [0.29, 0.717) is 42.9 Å². The van der Waals surface area contributed by atoms with Crippen molar-refractivity contribution >= 4 is 29.7 Å². The van der Waals surface area contributed by atoms with Gasteiger partial charge in [-0.05, 0) is 122 Å². The number of piperidine rings is 1. The van der Waals surface area contributed by atoms with E-state index in [0.717, 1.165) is 47.2 Å². The minimum Gasteiger partial charge on any atom is -0.491 e. The van der Waals surface area contributed by atoms with Crippen molar-refractivity contribution < 1.29 is 77.4 Å². The van der Waals surface area contributed by atoms with Gasteiger partial charge in [-0.15, -0.1) is 0 Å². The van der Waals surface area contributed by atoms with E-state index in [2.05, 4.69) is 0 Å². The molecule has 5 aromatic carbocycles. The number of amides is 3. The first-order valence-corrected chi connectivity index (χ1v) is 25.0. The summed E-state index contributed by atoms with van der Waals surface area (Å²) in [7, 11) is 1.59. The van der Waals surface area contributed by atoms with Crippen LogP contribution in [0.25, 0.3) is 0 Å². The molecule has 3 fully saturated rings. The van der Waals surface area contributed by atoms with Gasteiger partial charge in [-0.3, -0.25) is 30.5 Å². The Balaban J connectivity index is 1.15. The highest BCUT2D eigenvalue weighted by molar-refractivity contribution is 6.32.